The number of amides is 5. The number of carboxylic acids is 1. The zero-order chi connectivity index (χ0) is 45.9. The number of rotatable bonds is 16. The number of unbranched alkanes of at least 4 members (excludes halogenated alkanes) is 7. The molecule has 0 unspecified atom stereocenters. The van der Waals surface area contributed by atoms with Gasteiger partial charge in [0.05, 0.1) is 0 Å². The number of hydrogen-bond acceptors (Lipinski definition) is 8. The number of phenols is 2. The van der Waals surface area contributed by atoms with Crippen LogP contribution in [0.1, 0.15) is 118 Å². The van der Waals surface area contributed by atoms with Crippen LogP contribution < -0.4 is 16.0 Å². The molecule has 2 aliphatic heterocycles. The van der Waals surface area contributed by atoms with Gasteiger partial charge in [-0.15, -0.1) is 0 Å². The molecule has 0 aromatic heterocycles. The minimum absolute atomic E-state index is 0.0402. The fourth-order valence-corrected chi connectivity index (χ4v) is 8.77. The Morgan fingerprint density at radius 1 is 0.797 bits per heavy atom. The first kappa shape index (κ1) is 47.0. The van der Waals surface area contributed by atoms with Crippen LogP contribution in [-0.4, -0.2) is 98.9 Å². The molecule has 5 amide bonds. The van der Waals surface area contributed by atoms with Gasteiger partial charge in [-0.1, -0.05) is 88.3 Å². The molecule has 2 heterocycles. The molecule has 0 radical (unpaired) electrons. The molecule has 0 saturated carbocycles. The van der Waals surface area contributed by atoms with E-state index >= 15 is 0 Å². The number of likely N-dealkylation sites (N-methyl/N-ethyl adjacent to an activating group) is 1. The van der Waals surface area contributed by atoms with Gasteiger partial charge in [0.25, 0.3) is 5.91 Å². The number of aromatic hydroxyl groups is 2. The van der Waals surface area contributed by atoms with Crippen LogP contribution in [0.25, 0.3) is 21.9 Å². The molecule has 340 valence electrons. The molecular weight excluding hydrogens is 815 g/mol. The molecule has 4 atom stereocenters. The second-order valence-corrected chi connectivity index (χ2v) is 17.2. The van der Waals surface area contributed by atoms with Gasteiger partial charge in [0.1, 0.15) is 35.7 Å². The van der Waals surface area contributed by atoms with Gasteiger partial charge in [0, 0.05) is 49.7 Å². The lowest BCUT2D eigenvalue weighted by molar-refractivity contribution is -0.147. The normalized spacial score (nSPS) is 18.8. The molecule has 14 heteroatoms. The second kappa shape index (κ2) is 21.8. The quantitative estimate of drug-likeness (QED) is 0.0675. The van der Waals surface area contributed by atoms with Crippen LogP contribution >= 0.6 is 0 Å². The summed E-state index contributed by atoms with van der Waals surface area (Å²) in [4.78, 5) is 83.4. The molecule has 0 spiro atoms. The van der Waals surface area contributed by atoms with Crippen LogP contribution in [-0.2, 0) is 36.8 Å². The van der Waals surface area contributed by atoms with E-state index in [1.165, 1.54) is 111 Å². The number of benzene rings is 4. The van der Waals surface area contributed by atoms with Crippen molar-refractivity contribution in [1.82, 2.24) is 25.8 Å². The third kappa shape index (κ3) is 11.6. The molecule has 4 aromatic carbocycles. The van der Waals surface area contributed by atoms with E-state index in [4.69, 9.17) is 0 Å². The topological polar surface area (TPSA) is 206 Å². The van der Waals surface area contributed by atoms with Gasteiger partial charge in [0.2, 0.25) is 23.6 Å². The van der Waals surface area contributed by atoms with E-state index in [0.717, 1.165) is 23.6 Å². The predicted octanol–water partition coefficient (Wildman–Crippen LogP) is 6.54. The van der Waals surface area contributed by atoms with E-state index in [0.29, 0.717) is 30.5 Å². The van der Waals surface area contributed by atoms with E-state index in [9.17, 15) is 44.1 Å². The molecule has 4 aromatic rings. The summed E-state index contributed by atoms with van der Waals surface area (Å²) in [5, 5.41) is 41.6. The lowest BCUT2D eigenvalue weighted by Crippen LogP contribution is -2.54. The van der Waals surface area contributed by atoms with Crippen LogP contribution in [0.3, 0.4) is 0 Å². The summed E-state index contributed by atoms with van der Waals surface area (Å²) in [7, 11) is 1.41. The van der Waals surface area contributed by atoms with Crippen LogP contribution in [0.4, 0.5) is 0 Å². The Labute approximate surface area is 374 Å². The molecule has 64 heavy (non-hydrogen) atoms. The Balaban J connectivity index is 1.10. The van der Waals surface area contributed by atoms with Gasteiger partial charge in [-0.2, -0.15) is 0 Å². The van der Waals surface area contributed by atoms with Crippen molar-refractivity contribution in [3.05, 3.63) is 95.1 Å². The van der Waals surface area contributed by atoms with Gasteiger partial charge < -0.3 is 41.1 Å². The number of carbonyl (C=O) groups excluding carboxylic acids is 5. The van der Waals surface area contributed by atoms with Crippen LogP contribution in [0, 0.1) is 0 Å². The van der Waals surface area contributed by atoms with Crippen molar-refractivity contribution < 1.29 is 44.1 Å². The van der Waals surface area contributed by atoms with Crippen molar-refractivity contribution in [3.63, 3.8) is 0 Å². The van der Waals surface area contributed by atoms with E-state index in [-0.39, 0.29) is 59.4 Å². The van der Waals surface area contributed by atoms with E-state index < -0.39 is 47.9 Å². The standard InChI is InChI=1S/C50H61N5O9/c1-4-5-6-7-8-9-10-11-13-32-15-17-35-29-37(19-18-34(35)26-32)47(60)51-24-23-44(58)55-25-12-14-41(55)49(62)54(3)45-36-20-22-43(57)39(30-36)38-27-33(16-21-42(38)56)28-40(50(63)64)53-46(59)31(2)52-48(45)61/h15-22,26-27,29-31,40-41,45,56-57H,4-14,23-25,28H2,1-3H3,(H,51,60)(H,52,61)(H,53,59)(H,63,64)/t31-,40-,41-,45-/m0/s1. The average Bonchev–Trinajstić information content (AvgIpc) is 3.78. The number of aliphatic carboxylic acids is 1. The molecular formula is C50H61N5O9. The van der Waals surface area contributed by atoms with Gasteiger partial charge in [-0.05, 0) is 96.5 Å². The van der Waals surface area contributed by atoms with Crippen LogP contribution in [0.2, 0.25) is 0 Å². The first-order valence-corrected chi connectivity index (χ1v) is 22.6. The SMILES string of the molecule is CCCCCCCCCCc1ccc2cc(C(=O)NCCC(=O)N3CCC[C@H]3C(=O)N(C)[C@@H]3C(=O)N[C@@H](C)C(=O)N[C@H](C(=O)O)Cc4ccc(O)c(c4)-c4cc3ccc4O)ccc2c1. The molecule has 4 bridgehead atoms. The van der Waals surface area contributed by atoms with Crippen molar-refractivity contribution in [2.45, 2.75) is 121 Å². The van der Waals surface area contributed by atoms with Crippen LogP contribution in [0.15, 0.2) is 72.8 Å². The maximum absolute atomic E-state index is 14.4. The van der Waals surface area contributed by atoms with Crippen molar-refractivity contribution in [2.75, 3.05) is 20.1 Å². The Morgan fingerprint density at radius 3 is 2.20 bits per heavy atom. The summed E-state index contributed by atoms with van der Waals surface area (Å²) < 4.78 is 0. The highest BCUT2D eigenvalue weighted by Gasteiger charge is 2.40. The summed E-state index contributed by atoms with van der Waals surface area (Å²) in [6.07, 6.45) is 11.8. The molecule has 0 aliphatic carbocycles. The fraction of sp³-hybridized carbons (Fsp3) is 0.440. The van der Waals surface area contributed by atoms with E-state index in [2.05, 4.69) is 35.0 Å². The van der Waals surface area contributed by atoms with Crippen molar-refractivity contribution in [2.24, 2.45) is 0 Å². The van der Waals surface area contributed by atoms with Crippen LogP contribution in [0.5, 0.6) is 11.5 Å². The van der Waals surface area contributed by atoms with Gasteiger partial charge in [0.15, 0.2) is 0 Å². The number of phenolic OH excluding ortho intramolecular Hbond substituents is 2. The second-order valence-electron chi connectivity index (χ2n) is 17.2. The Bertz CT molecular complexity index is 2370. The minimum Gasteiger partial charge on any atom is -0.507 e. The molecule has 6 N–H and O–H groups in total. The number of nitrogens with zero attached hydrogens (tertiary/aromatic N) is 2. The number of carboxylic acid groups (broad SMARTS) is 1. The highest BCUT2D eigenvalue weighted by Crippen LogP contribution is 2.39. The highest BCUT2D eigenvalue weighted by atomic mass is 16.4. The summed E-state index contributed by atoms with van der Waals surface area (Å²) in [6, 6.07) is 15.6. The maximum atomic E-state index is 14.4. The molecule has 1 saturated heterocycles. The molecule has 14 nitrogen and oxygen atoms in total. The minimum atomic E-state index is -1.38. The third-order valence-corrected chi connectivity index (χ3v) is 12.4. The molecule has 1 fully saturated rings. The summed E-state index contributed by atoms with van der Waals surface area (Å²) in [5.74, 6) is -4.55. The van der Waals surface area contributed by atoms with Crippen molar-refractivity contribution in [3.8, 4) is 22.6 Å². The molecule has 2 aliphatic rings. The number of hydrogen-bond donors (Lipinski definition) is 6. The number of likely N-dealkylation sites (tertiary alicyclic amines) is 1. The van der Waals surface area contributed by atoms with Gasteiger partial charge in [-0.25, -0.2) is 4.79 Å². The fourth-order valence-electron chi connectivity index (χ4n) is 8.77. The summed E-state index contributed by atoms with van der Waals surface area (Å²) in [5.41, 5.74) is 2.71. The van der Waals surface area contributed by atoms with E-state index in [1.54, 1.807) is 6.07 Å². The highest BCUT2D eigenvalue weighted by molar-refractivity contribution is 5.99. The zero-order valence-electron chi connectivity index (χ0n) is 37.0. The van der Waals surface area contributed by atoms with E-state index in [1.807, 2.05) is 18.2 Å². The maximum Gasteiger partial charge on any atom is 0.326 e. The average molecular weight is 876 g/mol. The largest absolute Gasteiger partial charge is 0.507 e. The number of fused-ring (bicyclic) bond motifs is 6. The Kier molecular flexibility index (Phi) is 16.0. The number of carbonyl (C=O) groups is 6. The molecule has 6 rings (SSSR count). The monoisotopic (exact) mass is 875 g/mol. The van der Waals surface area contributed by atoms with Crippen molar-refractivity contribution in [1.29, 1.82) is 0 Å². The number of nitrogens with one attached hydrogen (secondary N) is 3. The Hall–Kier alpha value is -6.44. The summed E-state index contributed by atoms with van der Waals surface area (Å²) >= 11 is 0. The number of aryl methyl sites for hydroxylation is 1. The zero-order valence-corrected chi connectivity index (χ0v) is 37.0. The predicted molar refractivity (Wildman–Crippen MR) is 244 cm³/mol. The Morgan fingerprint density at radius 2 is 1.47 bits per heavy atom. The summed E-state index contributed by atoms with van der Waals surface area (Å²) in [6.45, 7) is 3.96. The lowest BCUT2D eigenvalue weighted by Gasteiger charge is -2.33. The van der Waals surface area contributed by atoms with Gasteiger partial charge in [-0.3, -0.25) is 24.0 Å². The first-order valence-electron chi connectivity index (χ1n) is 22.6. The smallest absolute Gasteiger partial charge is 0.326 e. The first-order chi connectivity index (χ1) is 30.7. The van der Waals surface area contributed by atoms with Gasteiger partial charge >= 0.3 is 5.97 Å². The third-order valence-electron chi connectivity index (χ3n) is 12.4. The lowest BCUT2D eigenvalue weighted by atomic mass is 9.93. The van der Waals surface area contributed by atoms with Crippen molar-refractivity contribution >= 4 is 46.3 Å².